The maximum Gasteiger partial charge on any atom is 0.170 e. The number of hydrogen-bond donors (Lipinski definition) is 1. The zero-order valence-electron chi connectivity index (χ0n) is 9.32. The summed E-state index contributed by atoms with van der Waals surface area (Å²) in [5, 5.41) is 13.5. The van der Waals surface area contributed by atoms with Gasteiger partial charge in [0.15, 0.2) is 11.9 Å². The van der Waals surface area contributed by atoms with E-state index in [1.807, 2.05) is 6.07 Å². The Labute approximate surface area is 102 Å². The van der Waals surface area contributed by atoms with Gasteiger partial charge in [0.25, 0.3) is 0 Å². The average Bonchev–Trinajstić information content (AvgIpc) is 2.80. The molecular weight excluding hydrogens is 230 g/mol. The normalized spacial score (nSPS) is 10.7. The molecule has 0 bridgehead atoms. The highest BCUT2D eigenvalue weighted by Crippen LogP contribution is 2.22. The Bertz CT molecular complexity index is 734. The Morgan fingerprint density at radius 1 is 1.22 bits per heavy atom. The lowest BCUT2D eigenvalue weighted by Gasteiger charge is -2.02. The number of phenolic OH excluding ortho intramolecular Hbond substituents is 1. The number of fused-ring (bicyclic) bond motifs is 1. The number of carbonyl (C=O) groups is 1. The quantitative estimate of drug-likeness (QED) is 0.694. The largest absolute Gasteiger partial charge is 0.508 e. The van der Waals surface area contributed by atoms with Crippen LogP contribution in [0.1, 0.15) is 10.5 Å². The molecule has 5 nitrogen and oxygen atoms in total. The molecule has 1 aromatic carbocycles. The summed E-state index contributed by atoms with van der Waals surface area (Å²) >= 11 is 0. The maximum atomic E-state index is 10.6. The van der Waals surface area contributed by atoms with Gasteiger partial charge in [0.2, 0.25) is 0 Å². The SMILES string of the molecule is O=Cc1cc2ncc(-c3cccc(O)c3)cn2n1. The summed E-state index contributed by atoms with van der Waals surface area (Å²) in [4.78, 5) is 14.9. The smallest absolute Gasteiger partial charge is 0.170 e. The Kier molecular flexibility index (Phi) is 2.30. The summed E-state index contributed by atoms with van der Waals surface area (Å²) in [6.07, 6.45) is 4.13. The highest BCUT2D eigenvalue weighted by atomic mass is 16.3. The number of aromatic hydroxyl groups is 1. The van der Waals surface area contributed by atoms with Crippen molar-refractivity contribution in [2.75, 3.05) is 0 Å². The van der Waals surface area contributed by atoms with Crippen molar-refractivity contribution in [3.63, 3.8) is 0 Å². The van der Waals surface area contributed by atoms with E-state index in [1.54, 1.807) is 41.2 Å². The molecule has 0 radical (unpaired) electrons. The first-order valence-corrected chi connectivity index (χ1v) is 5.36. The highest BCUT2D eigenvalue weighted by molar-refractivity contribution is 5.74. The summed E-state index contributed by atoms with van der Waals surface area (Å²) in [5.41, 5.74) is 2.61. The van der Waals surface area contributed by atoms with Crippen molar-refractivity contribution < 1.29 is 9.90 Å². The van der Waals surface area contributed by atoms with Gasteiger partial charge >= 0.3 is 0 Å². The topological polar surface area (TPSA) is 67.5 Å². The third kappa shape index (κ3) is 1.71. The molecule has 1 N–H and O–H groups in total. The van der Waals surface area contributed by atoms with Crippen molar-refractivity contribution >= 4 is 11.9 Å². The lowest BCUT2D eigenvalue weighted by atomic mass is 10.1. The third-order valence-electron chi connectivity index (χ3n) is 2.63. The Morgan fingerprint density at radius 2 is 2.11 bits per heavy atom. The first-order valence-electron chi connectivity index (χ1n) is 5.36. The molecule has 88 valence electrons. The molecule has 0 aliphatic rings. The fraction of sp³-hybridized carbons (Fsp3) is 0. The highest BCUT2D eigenvalue weighted by Gasteiger charge is 2.04. The molecule has 0 amide bonds. The fourth-order valence-electron chi connectivity index (χ4n) is 1.79. The van der Waals surface area contributed by atoms with Gasteiger partial charge in [-0.1, -0.05) is 12.1 Å². The summed E-state index contributed by atoms with van der Waals surface area (Å²) in [6.45, 7) is 0. The number of carbonyl (C=O) groups excluding carboxylic acids is 1. The number of hydrogen-bond acceptors (Lipinski definition) is 4. The minimum absolute atomic E-state index is 0.196. The molecule has 0 atom stereocenters. The second-order valence-electron chi connectivity index (χ2n) is 3.88. The van der Waals surface area contributed by atoms with Crippen molar-refractivity contribution in [3.8, 4) is 16.9 Å². The van der Waals surface area contributed by atoms with Crippen molar-refractivity contribution in [3.05, 3.63) is 48.4 Å². The molecule has 18 heavy (non-hydrogen) atoms. The van der Waals surface area contributed by atoms with Gasteiger partial charge in [-0.15, -0.1) is 0 Å². The first-order chi connectivity index (χ1) is 8.76. The molecule has 0 fully saturated rings. The monoisotopic (exact) mass is 239 g/mol. The van der Waals surface area contributed by atoms with E-state index in [4.69, 9.17) is 0 Å². The number of rotatable bonds is 2. The van der Waals surface area contributed by atoms with Gasteiger partial charge in [-0.2, -0.15) is 5.10 Å². The number of aromatic nitrogens is 3. The van der Waals surface area contributed by atoms with Crippen molar-refractivity contribution in [2.24, 2.45) is 0 Å². The zero-order valence-corrected chi connectivity index (χ0v) is 9.32. The van der Waals surface area contributed by atoms with Gasteiger partial charge in [-0.25, -0.2) is 9.50 Å². The summed E-state index contributed by atoms with van der Waals surface area (Å²) in [6, 6.07) is 8.49. The first kappa shape index (κ1) is 10.5. The molecule has 3 aromatic rings. The molecule has 2 aromatic heterocycles. The van der Waals surface area contributed by atoms with E-state index < -0.39 is 0 Å². The van der Waals surface area contributed by atoms with Crippen LogP contribution in [0, 0.1) is 0 Å². The van der Waals surface area contributed by atoms with Crippen molar-refractivity contribution in [1.29, 1.82) is 0 Å². The lowest BCUT2D eigenvalue weighted by Crippen LogP contribution is -1.91. The molecule has 2 heterocycles. The second-order valence-corrected chi connectivity index (χ2v) is 3.88. The van der Waals surface area contributed by atoms with Gasteiger partial charge in [-0.3, -0.25) is 4.79 Å². The Morgan fingerprint density at radius 3 is 2.89 bits per heavy atom. The van der Waals surface area contributed by atoms with Gasteiger partial charge in [-0.05, 0) is 17.7 Å². The molecule has 3 rings (SSSR count). The molecule has 0 unspecified atom stereocenters. The van der Waals surface area contributed by atoms with Crippen LogP contribution in [0.4, 0.5) is 0 Å². The van der Waals surface area contributed by atoms with Crippen LogP contribution >= 0.6 is 0 Å². The van der Waals surface area contributed by atoms with Gasteiger partial charge in [0, 0.05) is 24.0 Å². The molecule has 0 aliphatic carbocycles. The van der Waals surface area contributed by atoms with Crippen LogP contribution in [0.15, 0.2) is 42.7 Å². The van der Waals surface area contributed by atoms with E-state index >= 15 is 0 Å². The maximum absolute atomic E-state index is 10.6. The van der Waals surface area contributed by atoms with Gasteiger partial charge in [0.05, 0.1) is 0 Å². The van der Waals surface area contributed by atoms with Crippen molar-refractivity contribution in [2.45, 2.75) is 0 Å². The van der Waals surface area contributed by atoms with E-state index in [-0.39, 0.29) is 5.75 Å². The summed E-state index contributed by atoms with van der Waals surface area (Å²) in [7, 11) is 0. The van der Waals surface area contributed by atoms with Crippen LogP contribution in [-0.2, 0) is 0 Å². The van der Waals surface area contributed by atoms with E-state index in [9.17, 15) is 9.90 Å². The molecule has 5 heteroatoms. The number of phenols is 1. The average molecular weight is 239 g/mol. The summed E-state index contributed by atoms with van der Waals surface area (Å²) < 4.78 is 1.54. The van der Waals surface area contributed by atoms with Gasteiger partial charge in [0.1, 0.15) is 11.4 Å². The standard InChI is InChI=1S/C13H9N3O2/c17-8-11-5-13-14-6-10(7-16(13)15-11)9-2-1-3-12(18)4-9/h1-8,18H. The predicted molar refractivity (Wildman–Crippen MR) is 65.5 cm³/mol. The molecule has 0 spiro atoms. The second kappa shape index (κ2) is 3.96. The molecule has 0 saturated heterocycles. The Hall–Kier alpha value is -2.69. The Balaban J connectivity index is 2.15. The number of aldehydes is 1. The molecular formula is C13H9N3O2. The summed E-state index contributed by atoms with van der Waals surface area (Å²) in [5.74, 6) is 0.196. The minimum Gasteiger partial charge on any atom is -0.508 e. The van der Waals surface area contributed by atoms with Crippen LogP contribution in [-0.4, -0.2) is 26.0 Å². The van der Waals surface area contributed by atoms with Crippen LogP contribution in [0.25, 0.3) is 16.8 Å². The zero-order chi connectivity index (χ0) is 12.5. The third-order valence-corrected chi connectivity index (χ3v) is 2.63. The fourth-order valence-corrected chi connectivity index (χ4v) is 1.79. The molecule has 0 aliphatic heterocycles. The minimum atomic E-state index is 0.196. The number of nitrogens with zero attached hydrogens (tertiary/aromatic N) is 3. The van der Waals surface area contributed by atoms with E-state index in [1.165, 1.54) is 0 Å². The van der Waals surface area contributed by atoms with Crippen LogP contribution in [0.3, 0.4) is 0 Å². The van der Waals surface area contributed by atoms with E-state index in [0.717, 1.165) is 11.1 Å². The van der Waals surface area contributed by atoms with Crippen LogP contribution < -0.4 is 0 Å². The van der Waals surface area contributed by atoms with E-state index in [0.29, 0.717) is 17.6 Å². The van der Waals surface area contributed by atoms with E-state index in [2.05, 4.69) is 10.1 Å². The van der Waals surface area contributed by atoms with Crippen LogP contribution in [0.2, 0.25) is 0 Å². The van der Waals surface area contributed by atoms with Gasteiger partial charge < -0.3 is 5.11 Å². The number of benzene rings is 1. The molecule has 0 saturated carbocycles. The predicted octanol–water partition coefficient (Wildman–Crippen LogP) is 1.91. The van der Waals surface area contributed by atoms with Crippen molar-refractivity contribution in [1.82, 2.24) is 14.6 Å². The van der Waals surface area contributed by atoms with Crippen LogP contribution in [0.5, 0.6) is 5.75 Å². The lowest BCUT2D eigenvalue weighted by molar-refractivity contribution is 0.111.